The van der Waals surface area contributed by atoms with Crippen LogP contribution < -0.4 is 5.32 Å². The Morgan fingerprint density at radius 2 is 2.18 bits per heavy atom. The predicted molar refractivity (Wildman–Crippen MR) is 62.1 cm³/mol. The van der Waals surface area contributed by atoms with Crippen LogP contribution in [-0.4, -0.2) is 25.2 Å². The number of nitrogens with one attached hydrogen (secondary N) is 1. The van der Waals surface area contributed by atoms with E-state index in [9.17, 15) is 9.18 Å². The first-order chi connectivity index (χ1) is 8.24. The Kier molecular flexibility index (Phi) is 4.09. The summed E-state index contributed by atoms with van der Waals surface area (Å²) < 4.78 is 18.1. The summed E-state index contributed by atoms with van der Waals surface area (Å²) in [4.78, 5) is 11.6. The number of rotatable bonds is 4. The summed E-state index contributed by atoms with van der Waals surface area (Å²) in [7, 11) is 0. The van der Waals surface area contributed by atoms with Crippen molar-refractivity contribution < 1.29 is 13.9 Å². The molecule has 0 saturated carbocycles. The molecule has 0 bridgehead atoms. The van der Waals surface area contributed by atoms with Crippen molar-refractivity contribution in [2.24, 2.45) is 0 Å². The molecule has 0 radical (unpaired) electrons. The van der Waals surface area contributed by atoms with Gasteiger partial charge >= 0.3 is 0 Å². The van der Waals surface area contributed by atoms with Crippen molar-refractivity contribution in [3.63, 3.8) is 0 Å². The van der Waals surface area contributed by atoms with Crippen LogP contribution in [0.25, 0.3) is 0 Å². The Balaban J connectivity index is 1.74. The second-order valence-electron chi connectivity index (χ2n) is 4.24. The van der Waals surface area contributed by atoms with Crippen LogP contribution in [0.4, 0.5) is 4.39 Å². The van der Waals surface area contributed by atoms with E-state index in [-0.39, 0.29) is 24.2 Å². The number of carbonyl (C=O) groups is 1. The van der Waals surface area contributed by atoms with Crippen LogP contribution in [-0.2, 0) is 16.0 Å². The molecule has 3 nitrogen and oxygen atoms in total. The van der Waals surface area contributed by atoms with Crippen molar-refractivity contribution in [2.45, 2.75) is 25.4 Å². The third-order valence-corrected chi connectivity index (χ3v) is 2.83. The molecule has 1 amide bonds. The zero-order chi connectivity index (χ0) is 12.1. The van der Waals surface area contributed by atoms with E-state index in [0.717, 1.165) is 25.0 Å². The Bertz CT molecular complexity index is 372. The van der Waals surface area contributed by atoms with Crippen LogP contribution in [0.3, 0.4) is 0 Å². The highest BCUT2D eigenvalue weighted by molar-refractivity contribution is 5.78. The van der Waals surface area contributed by atoms with Crippen molar-refractivity contribution in [3.8, 4) is 0 Å². The van der Waals surface area contributed by atoms with E-state index < -0.39 is 0 Å². The van der Waals surface area contributed by atoms with E-state index >= 15 is 0 Å². The van der Waals surface area contributed by atoms with E-state index in [1.54, 1.807) is 12.1 Å². The average Bonchev–Trinajstić information content (AvgIpc) is 2.83. The second kappa shape index (κ2) is 5.77. The summed E-state index contributed by atoms with van der Waals surface area (Å²) in [5.41, 5.74) is 0.816. The number of hydrogen-bond acceptors (Lipinski definition) is 2. The standard InChI is InChI=1S/C13H16FNO2/c14-11-5-3-10(4-6-11)8-13(16)15-9-12-2-1-7-17-12/h3-6,12H,1-2,7-9H2,(H,15,16)/t12-/m1/s1. The fourth-order valence-electron chi connectivity index (χ4n) is 1.88. The normalized spacial score (nSPS) is 19.2. The van der Waals surface area contributed by atoms with E-state index in [2.05, 4.69) is 5.32 Å². The minimum atomic E-state index is -0.284. The van der Waals surface area contributed by atoms with Gasteiger partial charge in [-0.05, 0) is 30.5 Å². The minimum Gasteiger partial charge on any atom is -0.376 e. The van der Waals surface area contributed by atoms with Gasteiger partial charge in [-0.15, -0.1) is 0 Å². The molecule has 1 atom stereocenters. The summed E-state index contributed by atoms with van der Waals surface area (Å²) in [6.07, 6.45) is 2.52. The minimum absolute atomic E-state index is 0.0490. The Morgan fingerprint density at radius 1 is 1.41 bits per heavy atom. The highest BCUT2D eigenvalue weighted by atomic mass is 19.1. The van der Waals surface area contributed by atoms with Crippen LogP contribution in [0.1, 0.15) is 18.4 Å². The summed E-state index contributed by atoms with van der Waals surface area (Å²) in [6.45, 7) is 1.36. The molecule has 0 unspecified atom stereocenters. The number of halogens is 1. The first-order valence-electron chi connectivity index (χ1n) is 5.87. The van der Waals surface area contributed by atoms with Gasteiger partial charge in [-0.25, -0.2) is 4.39 Å². The Morgan fingerprint density at radius 3 is 2.82 bits per heavy atom. The fraction of sp³-hybridized carbons (Fsp3) is 0.462. The van der Waals surface area contributed by atoms with E-state index in [1.165, 1.54) is 12.1 Å². The smallest absolute Gasteiger partial charge is 0.224 e. The van der Waals surface area contributed by atoms with Crippen molar-refractivity contribution in [1.82, 2.24) is 5.32 Å². The van der Waals surface area contributed by atoms with Gasteiger partial charge in [-0.3, -0.25) is 4.79 Å². The maximum atomic E-state index is 12.7. The highest BCUT2D eigenvalue weighted by Crippen LogP contribution is 2.10. The van der Waals surface area contributed by atoms with Crippen LogP contribution >= 0.6 is 0 Å². The van der Waals surface area contributed by atoms with Gasteiger partial charge in [-0.1, -0.05) is 12.1 Å². The maximum Gasteiger partial charge on any atom is 0.224 e. The van der Waals surface area contributed by atoms with E-state index in [0.29, 0.717) is 6.54 Å². The van der Waals surface area contributed by atoms with E-state index in [1.807, 2.05) is 0 Å². The molecular weight excluding hydrogens is 221 g/mol. The molecule has 1 fully saturated rings. The molecule has 0 aliphatic carbocycles. The topological polar surface area (TPSA) is 38.3 Å². The maximum absolute atomic E-state index is 12.7. The fourth-order valence-corrected chi connectivity index (χ4v) is 1.88. The van der Waals surface area contributed by atoms with Gasteiger partial charge in [-0.2, -0.15) is 0 Å². The molecule has 1 N–H and O–H groups in total. The van der Waals surface area contributed by atoms with Crippen LogP contribution in [0.2, 0.25) is 0 Å². The molecule has 1 aliphatic rings. The second-order valence-corrected chi connectivity index (χ2v) is 4.24. The molecule has 2 rings (SSSR count). The molecule has 1 heterocycles. The molecule has 1 aromatic rings. The highest BCUT2D eigenvalue weighted by Gasteiger charge is 2.16. The quantitative estimate of drug-likeness (QED) is 0.865. The van der Waals surface area contributed by atoms with Crippen molar-refractivity contribution in [2.75, 3.05) is 13.2 Å². The lowest BCUT2D eigenvalue weighted by molar-refractivity contribution is -0.120. The molecular formula is C13H16FNO2. The van der Waals surface area contributed by atoms with Crippen LogP contribution in [0.5, 0.6) is 0 Å². The summed E-state index contributed by atoms with van der Waals surface area (Å²) in [6, 6.07) is 5.98. The number of benzene rings is 1. The van der Waals surface area contributed by atoms with Crippen LogP contribution in [0.15, 0.2) is 24.3 Å². The number of hydrogen-bond donors (Lipinski definition) is 1. The van der Waals surface area contributed by atoms with Gasteiger partial charge in [0.2, 0.25) is 5.91 Å². The third kappa shape index (κ3) is 3.82. The van der Waals surface area contributed by atoms with Crippen molar-refractivity contribution in [3.05, 3.63) is 35.6 Å². The zero-order valence-corrected chi connectivity index (χ0v) is 9.62. The molecule has 0 spiro atoms. The summed E-state index contributed by atoms with van der Waals surface area (Å²) >= 11 is 0. The molecule has 1 saturated heterocycles. The van der Waals surface area contributed by atoms with Gasteiger partial charge in [0.15, 0.2) is 0 Å². The van der Waals surface area contributed by atoms with Crippen molar-refractivity contribution in [1.29, 1.82) is 0 Å². The summed E-state index contributed by atoms with van der Waals surface area (Å²) in [5, 5.41) is 2.83. The van der Waals surface area contributed by atoms with Gasteiger partial charge in [0.25, 0.3) is 0 Å². The largest absolute Gasteiger partial charge is 0.376 e. The third-order valence-electron chi connectivity index (χ3n) is 2.83. The molecule has 92 valence electrons. The Labute approximate surface area is 100.0 Å². The first-order valence-corrected chi connectivity index (χ1v) is 5.87. The number of carbonyl (C=O) groups excluding carboxylic acids is 1. The first kappa shape index (κ1) is 12.0. The average molecular weight is 237 g/mol. The van der Waals surface area contributed by atoms with Gasteiger partial charge in [0, 0.05) is 13.2 Å². The SMILES string of the molecule is O=C(Cc1ccc(F)cc1)NC[C@H]1CCCO1. The van der Waals surface area contributed by atoms with Crippen molar-refractivity contribution >= 4 is 5.91 Å². The van der Waals surface area contributed by atoms with E-state index in [4.69, 9.17) is 4.74 Å². The number of amides is 1. The number of ether oxygens (including phenoxy) is 1. The lowest BCUT2D eigenvalue weighted by Gasteiger charge is -2.10. The Hall–Kier alpha value is -1.42. The van der Waals surface area contributed by atoms with Gasteiger partial charge < -0.3 is 10.1 Å². The lowest BCUT2D eigenvalue weighted by Crippen LogP contribution is -2.32. The summed E-state index contributed by atoms with van der Waals surface area (Å²) in [5.74, 6) is -0.333. The van der Waals surface area contributed by atoms with Gasteiger partial charge in [0.1, 0.15) is 5.82 Å². The predicted octanol–water partition coefficient (Wildman–Crippen LogP) is 1.66. The zero-order valence-electron chi connectivity index (χ0n) is 9.62. The molecule has 0 aromatic heterocycles. The lowest BCUT2D eigenvalue weighted by atomic mass is 10.1. The molecule has 4 heteroatoms. The molecule has 1 aliphatic heterocycles. The molecule has 17 heavy (non-hydrogen) atoms. The van der Waals surface area contributed by atoms with Gasteiger partial charge in [0.05, 0.1) is 12.5 Å². The molecule has 1 aromatic carbocycles. The monoisotopic (exact) mass is 237 g/mol. The van der Waals surface area contributed by atoms with Crippen LogP contribution in [0, 0.1) is 5.82 Å².